The van der Waals surface area contributed by atoms with Crippen molar-refractivity contribution >= 4 is 28.3 Å². The quantitative estimate of drug-likeness (QED) is 0.415. The van der Waals surface area contributed by atoms with Gasteiger partial charge < -0.3 is 9.64 Å². The molecule has 0 aromatic carbocycles. The SMILES string of the molecule is CCCn1c(C)nc2cc(N3CCO[C@H](c4cnn(C)c4)C3)nc(-c3ncc(Cl)cc3F)c2c1=O. The summed E-state index contributed by atoms with van der Waals surface area (Å²) < 4.78 is 24.3. The van der Waals surface area contributed by atoms with Gasteiger partial charge in [0.2, 0.25) is 0 Å². The van der Waals surface area contributed by atoms with Gasteiger partial charge in [0, 0.05) is 50.7 Å². The number of halogens is 2. The zero-order valence-corrected chi connectivity index (χ0v) is 20.5. The van der Waals surface area contributed by atoms with Crippen LogP contribution in [0.2, 0.25) is 5.02 Å². The van der Waals surface area contributed by atoms with Crippen LogP contribution in [0.15, 0.2) is 35.5 Å². The predicted octanol–water partition coefficient (Wildman–Crippen LogP) is 3.68. The van der Waals surface area contributed by atoms with Gasteiger partial charge in [-0.25, -0.2) is 19.3 Å². The third kappa shape index (κ3) is 4.39. The number of rotatable bonds is 5. The van der Waals surface area contributed by atoms with Crippen molar-refractivity contribution in [2.45, 2.75) is 32.9 Å². The Morgan fingerprint density at radius 2 is 2.06 bits per heavy atom. The maximum atomic E-state index is 15.0. The van der Waals surface area contributed by atoms with E-state index in [1.54, 1.807) is 28.4 Å². The highest BCUT2D eigenvalue weighted by molar-refractivity contribution is 6.30. The molecule has 4 aromatic heterocycles. The Labute approximate surface area is 206 Å². The number of aromatic nitrogens is 6. The van der Waals surface area contributed by atoms with Crippen LogP contribution in [0, 0.1) is 12.7 Å². The maximum Gasteiger partial charge on any atom is 0.263 e. The summed E-state index contributed by atoms with van der Waals surface area (Å²) in [6.07, 6.45) is 5.60. The topological polar surface area (TPSA) is 91.0 Å². The minimum absolute atomic E-state index is 0.0379. The normalized spacial score (nSPS) is 16.3. The molecular formula is C24H25ClFN7O2. The van der Waals surface area contributed by atoms with Crippen molar-refractivity contribution in [2.24, 2.45) is 7.05 Å². The van der Waals surface area contributed by atoms with Crippen molar-refractivity contribution in [3.05, 3.63) is 63.3 Å². The Kier molecular flexibility index (Phi) is 6.24. The molecule has 1 aliphatic rings. The Morgan fingerprint density at radius 1 is 1.23 bits per heavy atom. The molecule has 0 radical (unpaired) electrons. The Bertz CT molecular complexity index is 1470. The van der Waals surface area contributed by atoms with Crippen LogP contribution in [-0.2, 0) is 18.3 Å². The third-order valence-corrected chi connectivity index (χ3v) is 6.29. The third-order valence-electron chi connectivity index (χ3n) is 6.08. The fourth-order valence-corrected chi connectivity index (χ4v) is 4.55. The smallest absolute Gasteiger partial charge is 0.263 e. The molecule has 0 bridgehead atoms. The highest BCUT2D eigenvalue weighted by Crippen LogP contribution is 2.31. The van der Waals surface area contributed by atoms with Crippen molar-refractivity contribution < 1.29 is 9.13 Å². The number of hydrogen-bond acceptors (Lipinski definition) is 7. The lowest BCUT2D eigenvalue weighted by Gasteiger charge is -2.33. The van der Waals surface area contributed by atoms with Gasteiger partial charge in [0.25, 0.3) is 5.56 Å². The van der Waals surface area contributed by atoms with E-state index in [4.69, 9.17) is 26.3 Å². The van der Waals surface area contributed by atoms with E-state index in [0.717, 1.165) is 12.0 Å². The second kappa shape index (κ2) is 9.35. The number of fused-ring (bicyclic) bond motifs is 1. The Hall–Kier alpha value is -3.37. The van der Waals surface area contributed by atoms with E-state index >= 15 is 4.39 Å². The van der Waals surface area contributed by atoms with Gasteiger partial charge in [-0.3, -0.25) is 14.0 Å². The van der Waals surface area contributed by atoms with Crippen molar-refractivity contribution in [3.8, 4) is 11.4 Å². The molecule has 9 nitrogen and oxygen atoms in total. The molecule has 0 saturated carbocycles. The number of hydrogen-bond donors (Lipinski definition) is 0. The van der Waals surface area contributed by atoms with Gasteiger partial charge in [0.1, 0.15) is 29.1 Å². The summed E-state index contributed by atoms with van der Waals surface area (Å²) in [4.78, 5) is 29.2. The van der Waals surface area contributed by atoms with Gasteiger partial charge in [-0.05, 0) is 19.4 Å². The molecule has 1 saturated heterocycles. The largest absolute Gasteiger partial charge is 0.370 e. The monoisotopic (exact) mass is 497 g/mol. The molecule has 0 spiro atoms. The summed E-state index contributed by atoms with van der Waals surface area (Å²) in [5.41, 5.74) is 1.25. The lowest BCUT2D eigenvalue weighted by atomic mass is 10.1. The first-order valence-corrected chi connectivity index (χ1v) is 11.8. The van der Waals surface area contributed by atoms with E-state index in [1.807, 2.05) is 25.1 Å². The van der Waals surface area contributed by atoms with Gasteiger partial charge in [0.15, 0.2) is 5.82 Å². The Balaban J connectivity index is 1.68. The second-order valence-corrected chi connectivity index (χ2v) is 9.01. The number of pyridine rings is 2. The highest BCUT2D eigenvalue weighted by atomic mass is 35.5. The van der Waals surface area contributed by atoms with Crippen molar-refractivity contribution in [1.82, 2.24) is 29.3 Å². The molecule has 0 amide bonds. The van der Waals surface area contributed by atoms with E-state index in [9.17, 15) is 4.79 Å². The van der Waals surface area contributed by atoms with Crippen LogP contribution in [0.25, 0.3) is 22.3 Å². The minimum atomic E-state index is -0.652. The van der Waals surface area contributed by atoms with Crippen molar-refractivity contribution in [3.63, 3.8) is 0 Å². The first kappa shape index (κ1) is 23.4. The van der Waals surface area contributed by atoms with Crippen LogP contribution >= 0.6 is 11.6 Å². The minimum Gasteiger partial charge on any atom is -0.370 e. The van der Waals surface area contributed by atoms with Crippen molar-refractivity contribution in [2.75, 3.05) is 24.6 Å². The van der Waals surface area contributed by atoms with E-state index in [2.05, 4.69) is 10.1 Å². The zero-order valence-electron chi connectivity index (χ0n) is 19.7. The Morgan fingerprint density at radius 3 is 2.77 bits per heavy atom. The number of ether oxygens (including phenoxy) is 1. The standard InChI is InChI=1S/C24H25ClFN7O2/c1-4-5-33-14(2)29-18-9-20(32-6-7-35-19(13-32)15-10-28-31(3)12-15)30-23(21(18)24(33)34)22-17(26)8-16(25)11-27-22/h8-12,19H,4-7,13H2,1-3H3/t19-/m0/s1. The van der Waals surface area contributed by atoms with Crippen LogP contribution in [-0.4, -0.2) is 49.0 Å². The molecule has 11 heteroatoms. The molecule has 0 aliphatic carbocycles. The van der Waals surface area contributed by atoms with Crippen LogP contribution in [0.5, 0.6) is 0 Å². The molecule has 5 rings (SSSR count). The van der Waals surface area contributed by atoms with Gasteiger partial charge in [0.05, 0.1) is 28.7 Å². The lowest BCUT2D eigenvalue weighted by molar-refractivity contribution is 0.0395. The summed E-state index contributed by atoms with van der Waals surface area (Å²) in [6, 6.07) is 2.95. The maximum absolute atomic E-state index is 15.0. The highest BCUT2D eigenvalue weighted by Gasteiger charge is 2.27. The van der Waals surface area contributed by atoms with Crippen LogP contribution in [0.3, 0.4) is 0 Å². The van der Waals surface area contributed by atoms with Gasteiger partial charge in [-0.2, -0.15) is 5.10 Å². The molecule has 1 fully saturated rings. The van der Waals surface area contributed by atoms with Gasteiger partial charge in [-0.1, -0.05) is 18.5 Å². The molecule has 5 heterocycles. The molecule has 1 atom stereocenters. The van der Waals surface area contributed by atoms with Crippen LogP contribution < -0.4 is 10.5 Å². The molecule has 0 N–H and O–H groups in total. The molecular weight excluding hydrogens is 473 g/mol. The van der Waals surface area contributed by atoms with E-state index in [0.29, 0.717) is 43.4 Å². The molecule has 4 aromatic rings. The summed E-state index contributed by atoms with van der Waals surface area (Å²) in [5, 5.41) is 4.64. The predicted molar refractivity (Wildman–Crippen MR) is 131 cm³/mol. The average molecular weight is 498 g/mol. The zero-order chi connectivity index (χ0) is 24.7. The van der Waals surface area contributed by atoms with Gasteiger partial charge in [-0.15, -0.1) is 0 Å². The molecule has 0 unspecified atom stereocenters. The number of aryl methyl sites for hydroxylation is 2. The first-order valence-electron chi connectivity index (χ1n) is 11.4. The number of anilines is 1. The van der Waals surface area contributed by atoms with E-state index in [-0.39, 0.29) is 33.5 Å². The van der Waals surface area contributed by atoms with E-state index in [1.165, 1.54) is 12.3 Å². The first-order chi connectivity index (χ1) is 16.9. The molecule has 182 valence electrons. The summed E-state index contributed by atoms with van der Waals surface area (Å²) >= 11 is 5.94. The van der Waals surface area contributed by atoms with Crippen LogP contribution in [0.1, 0.15) is 30.8 Å². The fourth-order valence-electron chi connectivity index (χ4n) is 4.41. The second-order valence-electron chi connectivity index (χ2n) is 8.58. The lowest BCUT2D eigenvalue weighted by Crippen LogP contribution is -2.39. The summed E-state index contributed by atoms with van der Waals surface area (Å²) in [6.45, 7) is 5.86. The van der Waals surface area contributed by atoms with Gasteiger partial charge >= 0.3 is 0 Å². The molecule has 35 heavy (non-hydrogen) atoms. The van der Waals surface area contributed by atoms with Crippen LogP contribution in [0.4, 0.5) is 10.2 Å². The molecule has 1 aliphatic heterocycles. The van der Waals surface area contributed by atoms with Crippen molar-refractivity contribution in [1.29, 1.82) is 0 Å². The average Bonchev–Trinajstić information content (AvgIpc) is 3.27. The number of nitrogens with zero attached hydrogens (tertiary/aromatic N) is 7. The van der Waals surface area contributed by atoms with E-state index < -0.39 is 5.82 Å². The summed E-state index contributed by atoms with van der Waals surface area (Å²) in [5.74, 6) is 0.508. The number of morpholine rings is 1. The fraction of sp³-hybridized carbons (Fsp3) is 0.375. The summed E-state index contributed by atoms with van der Waals surface area (Å²) in [7, 11) is 1.86.